The van der Waals surface area contributed by atoms with Crippen LogP contribution in [0.4, 0.5) is 0 Å². The Labute approximate surface area is 144 Å². The third-order valence-electron chi connectivity index (χ3n) is 3.87. The van der Waals surface area contributed by atoms with Crippen LogP contribution in [0.2, 0.25) is 5.02 Å². The summed E-state index contributed by atoms with van der Waals surface area (Å²) in [6.45, 7) is 0. The predicted octanol–water partition coefficient (Wildman–Crippen LogP) is 5.05. The minimum absolute atomic E-state index is 0.112. The van der Waals surface area contributed by atoms with Crippen LogP contribution in [0.1, 0.15) is 10.4 Å². The highest BCUT2D eigenvalue weighted by atomic mass is 35.5. The minimum atomic E-state index is -0.112. The van der Waals surface area contributed by atoms with Crippen LogP contribution in [0.25, 0.3) is 22.4 Å². The number of carbonyl (C=O) groups is 1. The molecule has 0 saturated heterocycles. The molecule has 0 aliphatic carbocycles. The van der Waals surface area contributed by atoms with E-state index in [1.165, 1.54) is 0 Å². The molecule has 0 aliphatic rings. The van der Waals surface area contributed by atoms with Crippen molar-refractivity contribution in [2.24, 2.45) is 0 Å². The summed E-state index contributed by atoms with van der Waals surface area (Å²) in [4.78, 5) is 17.7. The van der Waals surface area contributed by atoms with E-state index in [2.05, 4.69) is 4.98 Å². The van der Waals surface area contributed by atoms with Crippen molar-refractivity contribution in [3.63, 3.8) is 0 Å². The maximum absolute atomic E-state index is 13.1. The summed E-state index contributed by atoms with van der Waals surface area (Å²) >= 11 is 6.09. The largest absolute Gasteiger partial charge is 0.268 e. The van der Waals surface area contributed by atoms with Gasteiger partial charge in [-0.25, -0.2) is 4.98 Å². The first kappa shape index (κ1) is 14.7. The average Bonchev–Trinajstić information content (AvgIpc) is 3.01. The lowest BCUT2D eigenvalue weighted by Gasteiger charge is -2.08. The van der Waals surface area contributed by atoms with E-state index in [1.54, 1.807) is 28.8 Å². The summed E-state index contributed by atoms with van der Waals surface area (Å²) in [6.07, 6.45) is 0. The summed E-state index contributed by atoms with van der Waals surface area (Å²) in [6, 6.07) is 24.3. The maximum Gasteiger partial charge on any atom is 0.264 e. The second kappa shape index (κ2) is 5.95. The molecule has 0 bridgehead atoms. The fourth-order valence-electron chi connectivity index (χ4n) is 2.75. The Hall–Kier alpha value is -2.91. The van der Waals surface area contributed by atoms with Crippen molar-refractivity contribution in [1.82, 2.24) is 9.55 Å². The topological polar surface area (TPSA) is 34.9 Å². The molecule has 4 aromatic rings. The summed E-state index contributed by atoms with van der Waals surface area (Å²) < 4.78 is 1.65. The lowest BCUT2D eigenvalue weighted by atomic mass is 10.2. The molecule has 3 aromatic carbocycles. The fraction of sp³-hybridized carbons (Fsp3) is 0. The van der Waals surface area contributed by atoms with Gasteiger partial charge in [0.1, 0.15) is 5.82 Å². The molecule has 1 aromatic heterocycles. The molecule has 0 fully saturated rings. The van der Waals surface area contributed by atoms with Crippen molar-refractivity contribution in [2.45, 2.75) is 0 Å². The average molecular weight is 333 g/mol. The first-order valence-electron chi connectivity index (χ1n) is 7.57. The van der Waals surface area contributed by atoms with Crippen molar-refractivity contribution in [3.8, 4) is 11.4 Å². The summed E-state index contributed by atoms with van der Waals surface area (Å²) in [5.74, 6) is 0.501. The lowest BCUT2D eigenvalue weighted by Crippen LogP contribution is -2.13. The highest BCUT2D eigenvalue weighted by molar-refractivity contribution is 6.31. The summed E-state index contributed by atoms with van der Waals surface area (Å²) in [5.41, 5.74) is 2.94. The lowest BCUT2D eigenvalue weighted by molar-refractivity contribution is 0.0966. The van der Waals surface area contributed by atoms with Crippen molar-refractivity contribution in [3.05, 3.63) is 89.4 Å². The predicted molar refractivity (Wildman–Crippen MR) is 96.3 cm³/mol. The number of hydrogen-bond donors (Lipinski definition) is 0. The highest BCUT2D eigenvalue weighted by Crippen LogP contribution is 2.27. The standard InChI is InChI=1S/C20H13ClN2O/c21-16-11-12-18-17(13-16)22-19(14-7-3-1-4-8-14)23(18)20(24)15-9-5-2-6-10-15/h1-13H. The molecule has 4 rings (SSSR count). The first-order valence-corrected chi connectivity index (χ1v) is 7.95. The van der Waals surface area contributed by atoms with E-state index >= 15 is 0 Å². The normalized spacial score (nSPS) is 10.9. The van der Waals surface area contributed by atoms with Crippen LogP contribution < -0.4 is 0 Å². The summed E-state index contributed by atoms with van der Waals surface area (Å²) in [7, 11) is 0. The molecule has 1 heterocycles. The van der Waals surface area contributed by atoms with Crippen LogP contribution in [0.15, 0.2) is 78.9 Å². The van der Waals surface area contributed by atoms with Gasteiger partial charge in [-0.3, -0.25) is 9.36 Å². The molecule has 116 valence electrons. The summed E-state index contributed by atoms with van der Waals surface area (Å²) in [5, 5.41) is 0.596. The van der Waals surface area contributed by atoms with Gasteiger partial charge in [0.15, 0.2) is 0 Å². The molecule has 0 spiro atoms. The number of imidazole rings is 1. The fourth-order valence-corrected chi connectivity index (χ4v) is 2.92. The van der Waals surface area contributed by atoms with Gasteiger partial charge in [0.2, 0.25) is 0 Å². The van der Waals surface area contributed by atoms with Gasteiger partial charge < -0.3 is 0 Å². The zero-order valence-corrected chi connectivity index (χ0v) is 13.4. The second-order valence-corrected chi connectivity index (χ2v) is 5.88. The number of hydrogen-bond acceptors (Lipinski definition) is 2. The van der Waals surface area contributed by atoms with Crippen LogP contribution in [0.3, 0.4) is 0 Å². The van der Waals surface area contributed by atoms with Crippen molar-refractivity contribution in [2.75, 3.05) is 0 Å². The number of halogens is 1. The zero-order chi connectivity index (χ0) is 16.5. The maximum atomic E-state index is 13.1. The molecule has 0 amide bonds. The molecular weight excluding hydrogens is 320 g/mol. The third-order valence-corrected chi connectivity index (χ3v) is 4.11. The van der Waals surface area contributed by atoms with Gasteiger partial charge in [0.05, 0.1) is 11.0 Å². The van der Waals surface area contributed by atoms with E-state index in [0.29, 0.717) is 21.9 Å². The molecule has 0 unspecified atom stereocenters. The Balaban J connectivity index is 2.00. The second-order valence-electron chi connectivity index (χ2n) is 5.44. The first-order chi connectivity index (χ1) is 11.7. The highest BCUT2D eigenvalue weighted by Gasteiger charge is 2.19. The van der Waals surface area contributed by atoms with Crippen LogP contribution in [-0.4, -0.2) is 15.5 Å². The van der Waals surface area contributed by atoms with E-state index in [0.717, 1.165) is 11.1 Å². The Morgan fingerprint density at radius 1 is 0.875 bits per heavy atom. The number of nitrogens with zero attached hydrogens (tertiary/aromatic N) is 2. The van der Waals surface area contributed by atoms with Gasteiger partial charge in [-0.05, 0) is 30.3 Å². The Bertz CT molecular complexity index is 1020. The molecular formula is C20H13ClN2O. The van der Waals surface area contributed by atoms with Crippen molar-refractivity contribution >= 4 is 28.5 Å². The van der Waals surface area contributed by atoms with Gasteiger partial charge in [-0.1, -0.05) is 60.1 Å². The zero-order valence-electron chi connectivity index (χ0n) is 12.7. The van der Waals surface area contributed by atoms with Gasteiger partial charge in [0.25, 0.3) is 5.91 Å². The minimum Gasteiger partial charge on any atom is -0.268 e. The van der Waals surface area contributed by atoms with Crippen LogP contribution >= 0.6 is 11.6 Å². The smallest absolute Gasteiger partial charge is 0.264 e. The number of rotatable bonds is 2. The van der Waals surface area contributed by atoms with Crippen LogP contribution in [-0.2, 0) is 0 Å². The van der Waals surface area contributed by atoms with Crippen molar-refractivity contribution < 1.29 is 4.79 Å². The number of aromatic nitrogens is 2. The van der Waals surface area contributed by atoms with Crippen molar-refractivity contribution in [1.29, 1.82) is 0 Å². The molecule has 0 saturated carbocycles. The van der Waals surface area contributed by atoms with Gasteiger partial charge >= 0.3 is 0 Å². The molecule has 0 aliphatic heterocycles. The van der Waals surface area contributed by atoms with E-state index in [9.17, 15) is 4.79 Å². The number of fused-ring (bicyclic) bond motifs is 1. The number of benzene rings is 3. The van der Waals surface area contributed by atoms with E-state index in [4.69, 9.17) is 11.6 Å². The molecule has 3 nitrogen and oxygen atoms in total. The van der Waals surface area contributed by atoms with Crippen LogP contribution in [0.5, 0.6) is 0 Å². The Morgan fingerprint density at radius 3 is 2.25 bits per heavy atom. The van der Waals surface area contributed by atoms with Gasteiger partial charge in [-0.15, -0.1) is 0 Å². The van der Waals surface area contributed by atoms with Gasteiger partial charge in [-0.2, -0.15) is 0 Å². The van der Waals surface area contributed by atoms with Crippen LogP contribution in [0, 0.1) is 0 Å². The van der Waals surface area contributed by atoms with E-state index in [-0.39, 0.29) is 5.91 Å². The van der Waals surface area contributed by atoms with E-state index in [1.807, 2.05) is 54.6 Å². The Kier molecular flexibility index (Phi) is 3.63. The molecule has 4 heteroatoms. The molecule has 0 N–H and O–H groups in total. The quantitative estimate of drug-likeness (QED) is 0.515. The SMILES string of the molecule is O=C(c1ccccc1)n1c(-c2ccccc2)nc2cc(Cl)ccc21. The van der Waals surface area contributed by atoms with Gasteiger partial charge in [0, 0.05) is 16.1 Å². The third kappa shape index (κ3) is 2.49. The molecule has 24 heavy (non-hydrogen) atoms. The number of carbonyl (C=O) groups excluding carboxylic acids is 1. The monoisotopic (exact) mass is 332 g/mol. The van der Waals surface area contributed by atoms with E-state index < -0.39 is 0 Å². The molecule has 0 atom stereocenters. The molecule has 0 radical (unpaired) electrons. The Morgan fingerprint density at radius 2 is 1.54 bits per heavy atom.